The SMILES string of the molecule is Cc1noc(C)c1COc1cccn(CC(=O)O)c1=O. The van der Waals surface area contributed by atoms with Crippen LogP contribution in [0.25, 0.3) is 0 Å². The summed E-state index contributed by atoms with van der Waals surface area (Å²) in [7, 11) is 0. The van der Waals surface area contributed by atoms with Crippen LogP contribution in [0.15, 0.2) is 27.6 Å². The number of carbonyl (C=O) groups is 1. The van der Waals surface area contributed by atoms with E-state index in [0.717, 1.165) is 10.1 Å². The minimum atomic E-state index is -1.09. The normalized spacial score (nSPS) is 10.5. The summed E-state index contributed by atoms with van der Waals surface area (Å²) < 4.78 is 11.5. The molecule has 2 rings (SSSR count). The molecule has 7 nitrogen and oxygen atoms in total. The smallest absolute Gasteiger partial charge is 0.323 e. The molecule has 0 unspecified atom stereocenters. The molecule has 2 heterocycles. The third-order valence-corrected chi connectivity index (χ3v) is 2.84. The molecule has 0 aromatic carbocycles. The van der Waals surface area contributed by atoms with Gasteiger partial charge in [0.15, 0.2) is 5.75 Å². The van der Waals surface area contributed by atoms with Gasteiger partial charge in [-0.25, -0.2) is 0 Å². The van der Waals surface area contributed by atoms with Crippen molar-refractivity contribution in [3.05, 3.63) is 45.7 Å². The lowest BCUT2D eigenvalue weighted by molar-refractivity contribution is -0.137. The number of ether oxygens (including phenoxy) is 1. The average Bonchev–Trinajstić information content (AvgIpc) is 2.70. The summed E-state index contributed by atoms with van der Waals surface area (Å²) in [5, 5.41) is 12.5. The van der Waals surface area contributed by atoms with E-state index in [-0.39, 0.29) is 12.4 Å². The van der Waals surface area contributed by atoms with Gasteiger partial charge in [-0.05, 0) is 26.0 Å². The molecular formula is C13H14N2O5. The van der Waals surface area contributed by atoms with Gasteiger partial charge in [0, 0.05) is 6.20 Å². The Morgan fingerprint density at radius 2 is 2.25 bits per heavy atom. The molecule has 0 amide bonds. The number of pyridine rings is 1. The number of aromatic nitrogens is 2. The minimum Gasteiger partial charge on any atom is -0.483 e. The number of rotatable bonds is 5. The van der Waals surface area contributed by atoms with E-state index in [9.17, 15) is 9.59 Å². The molecule has 0 radical (unpaired) electrons. The Bertz CT molecular complexity index is 667. The first kappa shape index (κ1) is 13.9. The summed E-state index contributed by atoms with van der Waals surface area (Å²) >= 11 is 0. The van der Waals surface area contributed by atoms with Crippen molar-refractivity contribution in [2.24, 2.45) is 0 Å². The fourth-order valence-electron chi connectivity index (χ4n) is 1.75. The molecule has 0 aliphatic heterocycles. The Kier molecular flexibility index (Phi) is 3.88. The van der Waals surface area contributed by atoms with E-state index in [2.05, 4.69) is 5.16 Å². The third-order valence-electron chi connectivity index (χ3n) is 2.84. The highest BCUT2D eigenvalue weighted by atomic mass is 16.5. The molecule has 1 N–H and O–H groups in total. The van der Waals surface area contributed by atoms with Crippen LogP contribution in [-0.4, -0.2) is 20.8 Å². The first-order valence-corrected chi connectivity index (χ1v) is 5.95. The highest BCUT2D eigenvalue weighted by Crippen LogP contribution is 2.14. The van der Waals surface area contributed by atoms with Crippen LogP contribution in [0.4, 0.5) is 0 Å². The molecule has 0 bridgehead atoms. The van der Waals surface area contributed by atoms with Crippen molar-refractivity contribution < 1.29 is 19.2 Å². The van der Waals surface area contributed by atoms with Gasteiger partial charge in [0.1, 0.15) is 18.9 Å². The zero-order valence-corrected chi connectivity index (χ0v) is 11.1. The topological polar surface area (TPSA) is 94.6 Å². The van der Waals surface area contributed by atoms with Gasteiger partial charge in [-0.2, -0.15) is 0 Å². The summed E-state index contributed by atoms with van der Waals surface area (Å²) in [5.74, 6) is -0.368. The molecule has 2 aromatic rings. The minimum absolute atomic E-state index is 0.0914. The number of nitrogens with zero attached hydrogens (tertiary/aromatic N) is 2. The van der Waals surface area contributed by atoms with Crippen molar-refractivity contribution in [2.45, 2.75) is 27.0 Å². The summed E-state index contributed by atoms with van der Waals surface area (Å²) in [6.07, 6.45) is 1.40. The summed E-state index contributed by atoms with van der Waals surface area (Å²) in [6, 6.07) is 3.06. The van der Waals surface area contributed by atoms with Crippen LogP contribution < -0.4 is 10.3 Å². The Hall–Kier alpha value is -2.57. The van der Waals surface area contributed by atoms with Crippen molar-refractivity contribution in [2.75, 3.05) is 0 Å². The summed E-state index contributed by atoms with van der Waals surface area (Å²) in [4.78, 5) is 22.6. The van der Waals surface area contributed by atoms with E-state index < -0.39 is 18.1 Å². The predicted molar refractivity (Wildman–Crippen MR) is 68.6 cm³/mol. The van der Waals surface area contributed by atoms with Crippen LogP contribution in [0.3, 0.4) is 0 Å². The van der Waals surface area contributed by atoms with Gasteiger partial charge in [0.25, 0.3) is 5.56 Å². The number of carboxylic acids is 1. The van der Waals surface area contributed by atoms with Crippen LogP contribution in [0.1, 0.15) is 17.0 Å². The van der Waals surface area contributed by atoms with E-state index in [1.165, 1.54) is 12.3 Å². The molecule has 0 saturated heterocycles. The van der Waals surface area contributed by atoms with Crippen LogP contribution in [0, 0.1) is 13.8 Å². The second kappa shape index (κ2) is 5.60. The zero-order chi connectivity index (χ0) is 14.7. The maximum atomic E-state index is 12.0. The fraction of sp³-hybridized carbons (Fsp3) is 0.308. The molecule has 0 aliphatic rings. The predicted octanol–water partition coefficient (Wildman–Crippen LogP) is 1.12. The number of carboxylic acid groups (broad SMARTS) is 1. The van der Waals surface area contributed by atoms with Crippen molar-refractivity contribution in [3.63, 3.8) is 0 Å². The monoisotopic (exact) mass is 278 g/mol. The summed E-state index contributed by atoms with van der Waals surface area (Å²) in [5.41, 5.74) is 0.990. The maximum Gasteiger partial charge on any atom is 0.323 e. The Morgan fingerprint density at radius 1 is 1.50 bits per heavy atom. The first-order chi connectivity index (χ1) is 9.49. The molecule has 0 aliphatic carbocycles. The lowest BCUT2D eigenvalue weighted by atomic mass is 10.2. The van der Waals surface area contributed by atoms with Crippen molar-refractivity contribution in [3.8, 4) is 5.75 Å². The first-order valence-electron chi connectivity index (χ1n) is 5.95. The van der Waals surface area contributed by atoms with E-state index >= 15 is 0 Å². The Labute approximate surface area is 114 Å². The molecule has 106 valence electrons. The van der Waals surface area contributed by atoms with Gasteiger partial charge in [0.2, 0.25) is 0 Å². The maximum absolute atomic E-state index is 12.0. The van der Waals surface area contributed by atoms with E-state index in [1.54, 1.807) is 19.9 Å². The molecule has 0 fully saturated rings. The highest BCUT2D eigenvalue weighted by molar-refractivity contribution is 5.66. The Balaban J connectivity index is 2.18. The molecule has 0 saturated carbocycles. The summed E-state index contributed by atoms with van der Waals surface area (Å²) in [6.45, 7) is 3.28. The standard InChI is InChI=1S/C13H14N2O5/c1-8-10(9(2)20-14-8)7-19-11-4-3-5-15(13(11)18)6-12(16)17/h3-5H,6-7H2,1-2H3,(H,16,17). The second-order valence-corrected chi connectivity index (χ2v) is 4.29. The van der Waals surface area contributed by atoms with Crippen LogP contribution in [0.2, 0.25) is 0 Å². The van der Waals surface area contributed by atoms with Gasteiger partial charge in [0.05, 0.1) is 11.3 Å². The molecule has 2 aromatic heterocycles. The van der Waals surface area contributed by atoms with E-state index in [4.69, 9.17) is 14.4 Å². The van der Waals surface area contributed by atoms with Gasteiger partial charge in [-0.1, -0.05) is 5.16 Å². The number of aliphatic carboxylic acids is 1. The fourth-order valence-corrected chi connectivity index (χ4v) is 1.75. The number of hydrogen-bond donors (Lipinski definition) is 1. The third kappa shape index (κ3) is 2.87. The Morgan fingerprint density at radius 3 is 2.85 bits per heavy atom. The van der Waals surface area contributed by atoms with E-state index in [1.807, 2.05) is 0 Å². The van der Waals surface area contributed by atoms with E-state index in [0.29, 0.717) is 11.5 Å². The largest absolute Gasteiger partial charge is 0.483 e. The second-order valence-electron chi connectivity index (χ2n) is 4.29. The quantitative estimate of drug-likeness (QED) is 0.880. The van der Waals surface area contributed by atoms with Crippen molar-refractivity contribution in [1.29, 1.82) is 0 Å². The van der Waals surface area contributed by atoms with Gasteiger partial charge < -0.3 is 18.9 Å². The number of hydrogen-bond acceptors (Lipinski definition) is 5. The molecular weight excluding hydrogens is 264 g/mol. The molecule has 7 heteroatoms. The molecule has 20 heavy (non-hydrogen) atoms. The van der Waals surface area contributed by atoms with Crippen LogP contribution in [-0.2, 0) is 17.9 Å². The van der Waals surface area contributed by atoms with Crippen molar-refractivity contribution in [1.82, 2.24) is 9.72 Å². The lowest BCUT2D eigenvalue weighted by Gasteiger charge is -2.07. The van der Waals surface area contributed by atoms with Gasteiger partial charge in [-0.3, -0.25) is 9.59 Å². The molecule has 0 spiro atoms. The molecule has 0 atom stereocenters. The highest BCUT2D eigenvalue weighted by Gasteiger charge is 2.12. The van der Waals surface area contributed by atoms with Crippen LogP contribution >= 0.6 is 0 Å². The lowest BCUT2D eigenvalue weighted by Crippen LogP contribution is -2.24. The van der Waals surface area contributed by atoms with Gasteiger partial charge >= 0.3 is 5.97 Å². The van der Waals surface area contributed by atoms with Crippen LogP contribution in [0.5, 0.6) is 5.75 Å². The zero-order valence-electron chi connectivity index (χ0n) is 11.1. The van der Waals surface area contributed by atoms with Crippen molar-refractivity contribution >= 4 is 5.97 Å². The average molecular weight is 278 g/mol. The van der Waals surface area contributed by atoms with Gasteiger partial charge in [-0.15, -0.1) is 0 Å². The number of aryl methyl sites for hydroxylation is 2.